The predicted octanol–water partition coefficient (Wildman–Crippen LogP) is 6.08. The number of nitrogens with zero attached hydrogens (tertiary/aromatic N) is 3. The molecule has 1 aromatic heterocycles. The summed E-state index contributed by atoms with van der Waals surface area (Å²) in [6.07, 6.45) is -3.18. The number of halogens is 3. The lowest BCUT2D eigenvalue weighted by Crippen LogP contribution is -2.06. The summed E-state index contributed by atoms with van der Waals surface area (Å²) in [5, 5.41) is 15.2. The summed E-state index contributed by atoms with van der Waals surface area (Å²) in [5.74, 6) is 0. The van der Waals surface area contributed by atoms with Crippen molar-refractivity contribution in [3.05, 3.63) is 86.2 Å². The molecule has 0 spiro atoms. The number of aryl methyl sites for hydroxylation is 2. The van der Waals surface area contributed by atoms with Crippen LogP contribution in [0.25, 0.3) is 5.69 Å². The lowest BCUT2D eigenvalue weighted by Gasteiger charge is -2.14. The van der Waals surface area contributed by atoms with Crippen LogP contribution in [0.5, 0.6) is 0 Å². The number of aromatic nitrogens is 1. The van der Waals surface area contributed by atoms with Crippen molar-refractivity contribution in [3.8, 4) is 5.69 Å². The van der Waals surface area contributed by atoms with Crippen LogP contribution in [0, 0.1) is 37.8 Å². The molecule has 0 aliphatic heterocycles. The van der Waals surface area contributed by atoms with Gasteiger partial charge < -0.3 is 4.57 Å². The highest BCUT2D eigenvalue weighted by atomic mass is 19.4. The van der Waals surface area contributed by atoms with Gasteiger partial charge in [0.1, 0.15) is 5.69 Å². The van der Waals surface area contributed by atoms with Crippen molar-refractivity contribution in [1.29, 1.82) is 0 Å². The van der Waals surface area contributed by atoms with E-state index >= 15 is 0 Å². The molecule has 0 atom stereocenters. The van der Waals surface area contributed by atoms with Crippen molar-refractivity contribution in [2.24, 2.45) is 5.10 Å². The van der Waals surface area contributed by atoms with Gasteiger partial charge in [-0.15, -0.1) is 0 Å². The summed E-state index contributed by atoms with van der Waals surface area (Å²) in [7, 11) is 0. The number of hydrogen-bond donors (Lipinski definition) is 1. The SMILES string of the molecule is Cc1cccc(-n2c(C)cc(/C=N\Nc3ccc(C(F)(F)F)cc3[N+](=O)[O-])c2C)c1C. The topological polar surface area (TPSA) is 72.5 Å². The Bertz CT molecular complexity index is 1180. The molecule has 31 heavy (non-hydrogen) atoms. The third kappa shape index (κ3) is 4.45. The van der Waals surface area contributed by atoms with Crippen LogP contribution >= 0.6 is 0 Å². The Hall–Kier alpha value is -3.62. The van der Waals surface area contributed by atoms with Crippen LogP contribution in [0.15, 0.2) is 47.6 Å². The van der Waals surface area contributed by atoms with Crippen molar-refractivity contribution in [3.63, 3.8) is 0 Å². The Labute approximate surface area is 177 Å². The Morgan fingerprint density at radius 3 is 2.45 bits per heavy atom. The minimum atomic E-state index is -4.67. The summed E-state index contributed by atoms with van der Waals surface area (Å²) >= 11 is 0. The fourth-order valence-electron chi connectivity index (χ4n) is 3.39. The molecule has 1 heterocycles. The highest BCUT2D eigenvalue weighted by Crippen LogP contribution is 2.35. The zero-order valence-corrected chi connectivity index (χ0v) is 17.4. The third-order valence-corrected chi connectivity index (χ3v) is 5.20. The molecule has 162 valence electrons. The van der Waals surface area contributed by atoms with Crippen molar-refractivity contribution in [2.75, 3.05) is 5.43 Å². The first-order chi connectivity index (χ1) is 14.5. The maximum absolute atomic E-state index is 12.8. The molecule has 0 unspecified atom stereocenters. The lowest BCUT2D eigenvalue weighted by molar-refractivity contribution is -0.384. The Morgan fingerprint density at radius 1 is 1.10 bits per heavy atom. The number of benzene rings is 2. The molecule has 0 bridgehead atoms. The minimum absolute atomic E-state index is 0.127. The number of nitro groups is 1. The van der Waals surface area contributed by atoms with Crippen LogP contribution in [-0.2, 0) is 6.18 Å². The molecule has 0 fully saturated rings. The number of nitro benzene ring substituents is 1. The van der Waals surface area contributed by atoms with Gasteiger partial charge in [-0.1, -0.05) is 12.1 Å². The van der Waals surface area contributed by atoms with Gasteiger partial charge in [0.2, 0.25) is 0 Å². The smallest absolute Gasteiger partial charge is 0.318 e. The van der Waals surface area contributed by atoms with Gasteiger partial charge in [-0.2, -0.15) is 18.3 Å². The normalized spacial score (nSPS) is 11.8. The highest BCUT2D eigenvalue weighted by Gasteiger charge is 2.33. The van der Waals surface area contributed by atoms with Crippen molar-refractivity contribution < 1.29 is 18.1 Å². The average Bonchev–Trinajstić information content (AvgIpc) is 2.97. The zero-order chi connectivity index (χ0) is 22.9. The van der Waals surface area contributed by atoms with Crippen LogP contribution in [0.1, 0.15) is 33.6 Å². The largest absolute Gasteiger partial charge is 0.416 e. The molecule has 9 heteroatoms. The third-order valence-electron chi connectivity index (χ3n) is 5.20. The van der Waals surface area contributed by atoms with Crippen LogP contribution in [-0.4, -0.2) is 15.7 Å². The van der Waals surface area contributed by atoms with Gasteiger partial charge in [0, 0.05) is 28.7 Å². The van der Waals surface area contributed by atoms with E-state index in [0.717, 1.165) is 45.9 Å². The number of hydrogen-bond acceptors (Lipinski definition) is 4. The van der Waals surface area contributed by atoms with Crippen molar-refractivity contribution in [2.45, 2.75) is 33.9 Å². The van der Waals surface area contributed by atoms with Crippen molar-refractivity contribution in [1.82, 2.24) is 4.57 Å². The molecule has 6 nitrogen and oxygen atoms in total. The Balaban J connectivity index is 1.91. The van der Waals surface area contributed by atoms with E-state index in [1.807, 2.05) is 52.0 Å². The quantitative estimate of drug-likeness (QED) is 0.303. The molecule has 3 aromatic rings. The zero-order valence-electron chi connectivity index (χ0n) is 17.4. The summed E-state index contributed by atoms with van der Waals surface area (Å²) < 4.78 is 40.6. The predicted molar refractivity (Wildman–Crippen MR) is 114 cm³/mol. The van der Waals surface area contributed by atoms with E-state index in [4.69, 9.17) is 0 Å². The molecule has 0 aliphatic carbocycles. The standard InChI is InChI=1S/C22H21F3N4O2/c1-13-6-5-7-20(15(13)3)28-14(2)10-17(16(28)4)12-26-27-19-9-8-18(22(23,24)25)11-21(19)29(30)31/h5-12,27H,1-4H3/b26-12-. The number of anilines is 1. The first-order valence-electron chi connectivity index (χ1n) is 9.41. The monoisotopic (exact) mass is 430 g/mol. The van der Waals surface area contributed by atoms with Gasteiger partial charge in [0.25, 0.3) is 5.69 Å². The maximum Gasteiger partial charge on any atom is 0.416 e. The number of hydrazone groups is 1. The molecule has 0 saturated carbocycles. The maximum atomic E-state index is 12.8. The average molecular weight is 430 g/mol. The van der Waals surface area contributed by atoms with E-state index in [-0.39, 0.29) is 5.69 Å². The van der Waals surface area contributed by atoms with Gasteiger partial charge in [-0.05, 0) is 63.1 Å². The van der Waals surface area contributed by atoms with Gasteiger partial charge in [0.15, 0.2) is 0 Å². The molecule has 1 N–H and O–H groups in total. The summed E-state index contributed by atoms with van der Waals surface area (Å²) in [6.45, 7) is 7.97. The van der Waals surface area contributed by atoms with Gasteiger partial charge >= 0.3 is 6.18 Å². The van der Waals surface area contributed by atoms with E-state index in [0.29, 0.717) is 6.07 Å². The number of nitrogens with one attached hydrogen (secondary N) is 1. The van der Waals surface area contributed by atoms with E-state index < -0.39 is 22.4 Å². The van der Waals surface area contributed by atoms with Crippen LogP contribution in [0.4, 0.5) is 24.5 Å². The second-order valence-electron chi connectivity index (χ2n) is 7.24. The first kappa shape index (κ1) is 22.1. The molecule has 0 aliphatic rings. The fourth-order valence-corrected chi connectivity index (χ4v) is 3.39. The molecule has 0 amide bonds. The van der Waals surface area contributed by atoms with E-state index in [1.54, 1.807) is 0 Å². The van der Waals surface area contributed by atoms with Gasteiger partial charge in [-0.25, -0.2) is 0 Å². The van der Waals surface area contributed by atoms with Crippen LogP contribution in [0.3, 0.4) is 0 Å². The van der Waals surface area contributed by atoms with Crippen molar-refractivity contribution >= 4 is 17.6 Å². The molecule has 0 radical (unpaired) electrons. The molecule has 0 saturated heterocycles. The van der Waals surface area contributed by atoms with E-state index in [9.17, 15) is 23.3 Å². The lowest BCUT2D eigenvalue weighted by atomic mass is 10.1. The van der Waals surface area contributed by atoms with Crippen LogP contribution in [0.2, 0.25) is 0 Å². The van der Waals surface area contributed by atoms with Gasteiger partial charge in [-0.3, -0.25) is 15.5 Å². The molecular weight excluding hydrogens is 409 g/mol. The highest BCUT2D eigenvalue weighted by molar-refractivity contribution is 5.83. The molecular formula is C22H21F3N4O2. The fraction of sp³-hybridized carbons (Fsp3) is 0.227. The van der Waals surface area contributed by atoms with E-state index in [1.165, 1.54) is 6.21 Å². The summed E-state index contributed by atoms with van der Waals surface area (Å²) in [4.78, 5) is 10.3. The summed E-state index contributed by atoms with van der Waals surface area (Å²) in [6, 6.07) is 10.2. The number of alkyl halides is 3. The summed E-state index contributed by atoms with van der Waals surface area (Å²) in [5.41, 5.74) is 6.59. The van der Waals surface area contributed by atoms with Crippen LogP contribution < -0.4 is 5.43 Å². The molecule has 2 aromatic carbocycles. The Kier molecular flexibility index (Phi) is 5.88. The minimum Gasteiger partial charge on any atom is -0.318 e. The first-order valence-corrected chi connectivity index (χ1v) is 9.41. The second-order valence-corrected chi connectivity index (χ2v) is 7.24. The van der Waals surface area contributed by atoms with E-state index in [2.05, 4.69) is 15.1 Å². The second kappa shape index (κ2) is 8.25. The Morgan fingerprint density at radius 2 is 1.81 bits per heavy atom. The number of rotatable bonds is 5. The molecule has 3 rings (SSSR count). The van der Waals surface area contributed by atoms with Gasteiger partial charge in [0.05, 0.1) is 16.7 Å².